The number of nitrogens with two attached hydrogens (primary N) is 1. The molecule has 0 radical (unpaired) electrons. The molecule has 0 unspecified atom stereocenters. The van der Waals surface area contributed by atoms with Gasteiger partial charge in [0.25, 0.3) is 5.91 Å². The molecule has 1 amide bonds. The summed E-state index contributed by atoms with van der Waals surface area (Å²) in [6.07, 6.45) is 0. The molecule has 0 aliphatic carbocycles. The Morgan fingerprint density at radius 2 is 2.29 bits per heavy atom. The normalized spacial score (nSPS) is 10.7. The van der Waals surface area contributed by atoms with Crippen molar-refractivity contribution in [1.82, 2.24) is 25.5 Å². The van der Waals surface area contributed by atoms with Crippen LogP contribution in [0.1, 0.15) is 16.3 Å². The van der Waals surface area contributed by atoms with E-state index in [0.29, 0.717) is 11.5 Å². The predicted molar refractivity (Wildman–Crippen MR) is 76.8 cm³/mol. The minimum Gasteiger partial charge on any atom is -0.497 e. The minimum absolute atomic E-state index is 0.273. The number of nitrogen functional groups attached to an aromatic ring is 1. The minimum atomic E-state index is -0.294. The number of methoxy groups -OCH3 is 1. The van der Waals surface area contributed by atoms with E-state index in [4.69, 9.17) is 10.5 Å². The van der Waals surface area contributed by atoms with E-state index < -0.39 is 0 Å². The van der Waals surface area contributed by atoms with Crippen LogP contribution >= 0.6 is 0 Å². The first-order chi connectivity index (χ1) is 10.2. The molecule has 0 atom stereocenters. The zero-order valence-electron chi connectivity index (χ0n) is 11.3. The van der Waals surface area contributed by atoms with Crippen molar-refractivity contribution in [3.8, 4) is 5.75 Å². The molecule has 2 heterocycles. The van der Waals surface area contributed by atoms with Gasteiger partial charge in [-0.3, -0.25) is 9.89 Å². The second-order valence-electron chi connectivity index (χ2n) is 4.46. The number of imidazole rings is 1. The first kappa shape index (κ1) is 13.0. The summed E-state index contributed by atoms with van der Waals surface area (Å²) in [5.74, 6) is 1.38. The maximum absolute atomic E-state index is 11.8. The average Bonchev–Trinajstić information content (AvgIpc) is 3.09. The topological polar surface area (TPSA) is 122 Å². The van der Waals surface area contributed by atoms with Crippen LogP contribution in [0.25, 0.3) is 11.0 Å². The van der Waals surface area contributed by atoms with Gasteiger partial charge in [0.15, 0.2) is 0 Å². The van der Waals surface area contributed by atoms with Crippen LogP contribution in [0, 0.1) is 0 Å². The summed E-state index contributed by atoms with van der Waals surface area (Å²) < 4.78 is 5.15. The van der Waals surface area contributed by atoms with Crippen molar-refractivity contribution in [3.05, 3.63) is 35.8 Å². The molecule has 8 nitrogen and oxygen atoms in total. The van der Waals surface area contributed by atoms with E-state index in [9.17, 15) is 4.79 Å². The fourth-order valence-corrected chi connectivity index (χ4v) is 1.97. The van der Waals surface area contributed by atoms with Crippen LogP contribution in [-0.4, -0.2) is 33.2 Å². The molecule has 2 aromatic heterocycles. The maximum atomic E-state index is 11.8. The van der Waals surface area contributed by atoms with Gasteiger partial charge in [-0.2, -0.15) is 5.10 Å². The summed E-state index contributed by atoms with van der Waals surface area (Å²) in [5, 5.41) is 8.98. The third kappa shape index (κ3) is 2.64. The summed E-state index contributed by atoms with van der Waals surface area (Å²) >= 11 is 0. The predicted octanol–water partition coefficient (Wildman–Crippen LogP) is 0.807. The van der Waals surface area contributed by atoms with Crippen molar-refractivity contribution >= 4 is 22.8 Å². The number of rotatable bonds is 4. The molecule has 8 heteroatoms. The fourth-order valence-electron chi connectivity index (χ4n) is 1.97. The van der Waals surface area contributed by atoms with Crippen molar-refractivity contribution in [2.24, 2.45) is 0 Å². The zero-order valence-corrected chi connectivity index (χ0v) is 11.3. The number of nitrogens with one attached hydrogen (secondary N) is 3. The Labute approximate surface area is 119 Å². The number of nitrogens with zero attached hydrogens (tertiary/aromatic N) is 2. The van der Waals surface area contributed by atoms with Crippen molar-refractivity contribution < 1.29 is 9.53 Å². The van der Waals surface area contributed by atoms with E-state index in [0.717, 1.165) is 16.8 Å². The van der Waals surface area contributed by atoms with Gasteiger partial charge in [-0.15, -0.1) is 0 Å². The molecule has 21 heavy (non-hydrogen) atoms. The SMILES string of the molecule is COc1ccc2nc(CNC(=O)c3cc(N)n[nH]3)[nH]c2c1. The summed E-state index contributed by atoms with van der Waals surface area (Å²) in [5.41, 5.74) is 7.42. The molecule has 5 N–H and O–H groups in total. The summed E-state index contributed by atoms with van der Waals surface area (Å²) in [4.78, 5) is 19.4. The van der Waals surface area contributed by atoms with Gasteiger partial charge in [-0.25, -0.2) is 4.98 Å². The van der Waals surface area contributed by atoms with Crippen LogP contribution < -0.4 is 15.8 Å². The molecule has 1 aromatic carbocycles. The highest BCUT2D eigenvalue weighted by Gasteiger charge is 2.10. The van der Waals surface area contributed by atoms with Crippen LogP contribution in [0.3, 0.4) is 0 Å². The van der Waals surface area contributed by atoms with Gasteiger partial charge in [0, 0.05) is 12.1 Å². The van der Waals surface area contributed by atoms with Crippen molar-refractivity contribution in [2.45, 2.75) is 6.54 Å². The highest BCUT2D eigenvalue weighted by molar-refractivity contribution is 5.92. The number of benzene rings is 1. The number of aromatic amines is 2. The Bertz CT molecular complexity index is 791. The van der Waals surface area contributed by atoms with Crippen molar-refractivity contribution in [2.75, 3.05) is 12.8 Å². The molecule has 0 saturated carbocycles. The first-order valence-electron chi connectivity index (χ1n) is 6.27. The van der Waals surface area contributed by atoms with E-state index in [1.807, 2.05) is 18.2 Å². The molecule has 0 spiro atoms. The maximum Gasteiger partial charge on any atom is 0.269 e. The molecule has 108 valence electrons. The number of ether oxygens (including phenoxy) is 1. The van der Waals surface area contributed by atoms with Crippen molar-refractivity contribution in [1.29, 1.82) is 0 Å². The van der Waals surface area contributed by atoms with Gasteiger partial charge in [0.1, 0.15) is 23.1 Å². The van der Waals surface area contributed by atoms with Crippen LogP contribution in [0.4, 0.5) is 5.82 Å². The molecule has 3 aromatic rings. The summed E-state index contributed by atoms with van der Waals surface area (Å²) in [7, 11) is 1.61. The Morgan fingerprint density at radius 1 is 1.43 bits per heavy atom. The second kappa shape index (κ2) is 5.16. The fraction of sp³-hybridized carbons (Fsp3) is 0.154. The van der Waals surface area contributed by atoms with Gasteiger partial charge >= 0.3 is 0 Å². The smallest absolute Gasteiger partial charge is 0.269 e. The van der Waals surface area contributed by atoms with Crippen LogP contribution in [0.2, 0.25) is 0 Å². The third-order valence-corrected chi connectivity index (χ3v) is 3.00. The second-order valence-corrected chi connectivity index (χ2v) is 4.46. The number of carbonyl (C=O) groups excluding carboxylic acids is 1. The highest BCUT2D eigenvalue weighted by atomic mass is 16.5. The lowest BCUT2D eigenvalue weighted by atomic mass is 10.3. The number of hydrogen-bond donors (Lipinski definition) is 4. The number of hydrogen-bond acceptors (Lipinski definition) is 5. The van der Waals surface area contributed by atoms with Gasteiger partial charge in [0.2, 0.25) is 0 Å². The van der Waals surface area contributed by atoms with E-state index in [1.165, 1.54) is 6.07 Å². The number of aromatic nitrogens is 4. The highest BCUT2D eigenvalue weighted by Crippen LogP contribution is 2.18. The van der Waals surface area contributed by atoms with Gasteiger partial charge < -0.3 is 20.8 Å². The van der Waals surface area contributed by atoms with Gasteiger partial charge in [0.05, 0.1) is 24.7 Å². The van der Waals surface area contributed by atoms with E-state index in [2.05, 4.69) is 25.5 Å². The zero-order chi connectivity index (χ0) is 14.8. The number of amides is 1. The number of H-pyrrole nitrogens is 2. The largest absolute Gasteiger partial charge is 0.497 e. The van der Waals surface area contributed by atoms with E-state index in [1.54, 1.807) is 7.11 Å². The lowest BCUT2D eigenvalue weighted by molar-refractivity contribution is 0.0945. The van der Waals surface area contributed by atoms with E-state index >= 15 is 0 Å². The molecule has 0 aliphatic heterocycles. The number of fused-ring (bicyclic) bond motifs is 1. The summed E-state index contributed by atoms with van der Waals surface area (Å²) in [6.45, 7) is 0.273. The standard InChI is InChI=1S/C13H14N6O2/c1-21-7-2-3-8-9(4-7)17-12(16-8)6-15-13(20)10-5-11(14)19-18-10/h2-5H,6H2,1H3,(H,15,20)(H,16,17)(H3,14,18,19). The monoisotopic (exact) mass is 286 g/mol. The molecule has 0 aliphatic rings. The number of carbonyl (C=O) groups is 1. The molecule has 0 bridgehead atoms. The Balaban J connectivity index is 1.71. The summed E-state index contributed by atoms with van der Waals surface area (Å²) in [6, 6.07) is 7.01. The van der Waals surface area contributed by atoms with Crippen LogP contribution in [0.15, 0.2) is 24.3 Å². The van der Waals surface area contributed by atoms with E-state index in [-0.39, 0.29) is 18.3 Å². The Hall–Kier alpha value is -3.03. The lowest BCUT2D eigenvalue weighted by Gasteiger charge is -1.99. The molecule has 0 saturated heterocycles. The lowest BCUT2D eigenvalue weighted by Crippen LogP contribution is -2.23. The Morgan fingerprint density at radius 3 is 3.00 bits per heavy atom. The van der Waals surface area contributed by atoms with Gasteiger partial charge in [-0.1, -0.05) is 0 Å². The molecule has 0 fully saturated rings. The van der Waals surface area contributed by atoms with Crippen molar-refractivity contribution in [3.63, 3.8) is 0 Å². The Kier molecular flexibility index (Phi) is 3.19. The average molecular weight is 286 g/mol. The quantitative estimate of drug-likeness (QED) is 0.565. The van der Waals surface area contributed by atoms with Gasteiger partial charge in [-0.05, 0) is 12.1 Å². The van der Waals surface area contributed by atoms with Crippen LogP contribution in [0.5, 0.6) is 5.75 Å². The van der Waals surface area contributed by atoms with Crippen LogP contribution in [-0.2, 0) is 6.54 Å². The molecule has 3 rings (SSSR count). The molecular weight excluding hydrogens is 272 g/mol. The number of anilines is 1. The molecular formula is C13H14N6O2. The first-order valence-corrected chi connectivity index (χ1v) is 6.27. The third-order valence-electron chi connectivity index (χ3n) is 3.00.